The van der Waals surface area contributed by atoms with Gasteiger partial charge in [-0.25, -0.2) is 0 Å². The number of benzene rings is 1. The zero-order valence-corrected chi connectivity index (χ0v) is 10.7. The molecule has 1 aliphatic carbocycles. The maximum Gasteiger partial charge on any atom is 0.124 e. The SMILES string of the molecule is CC(O)(CNC1CC1)COc1ccccc1CO. The highest BCUT2D eigenvalue weighted by Gasteiger charge is 2.27. The molecule has 1 unspecified atom stereocenters. The van der Waals surface area contributed by atoms with Crippen LogP contribution in [-0.2, 0) is 6.61 Å². The van der Waals surface area contributed by atoms with Crippen LogP contribution in [0.5, 0.6) is 5.75 Å². The van der Waals surface area contributed by atoms with E-state index in [1.165, 1.54) is 12.8 Å². The van der Waals surface area contributed by atoms with Crippen LogP contribution < -0.4 is 10.1 Å². The fraction of sp³-hybridized carbons (Fsp3) is 0.571. The van der Waals surface area contributed by atoms with Crippen molar-refractivity contribution in [3.63, 3.8) is 0 Å². The van der Waals surface area contributed by atoms with Gasteiger partial charge in [-0.05, 0) is 25.8 Å². The molecule has 4 nitrogen and oxygen atoms in total. The molecule has 0 aliphatic heterocycles. The molecule has 100 valence electrons. The summed E-state index contributed by atoms with van der Waals surface area (Å²) in [4.78, 5) is 0. The summed E-state index contributed by atoms with van der Waals surface area (Å²) in [5.41, 5.74) is -0.158. The molecule has 1 fully saturated rings. The first-order valence-corrected chi connectivity index (χ1v) is 6.38. The van der Waals surface area contributed by atoms with Crippen LogP contribution in [-0.4, -0.2) is 35.0 Å². The number of aliphatic hydroxyl groups excluding tert-OH is 1. The smallest absolute Gasteiger partial charge is 0.124 e. The topological polar surface area (TPSA) is 61.7 Å². The van der Waals surface area contributed by atoms with E-state index in [1.54, 1.807) is 13.0 Å². The monoisotopic (exact) mass is 251 g/mol. The molecule has 3 N–H and O–H groups in total. The molecule has 0 aromatic heterocycles. The zero-order chi connectivity index (χ0) is 13.0. The predicted octanol–water partition coefficient (Wildman–Crippen LogP) is 1.06. The number of rotatable bonds is 7. The van der Waals surface area contributed by atoms with Gasteiger partial charge < -0.3 is 20.3 Å². The first kappa shape index (κ1) is 13.3. The standard InChI is InChI=1S/C14H21NO3/c1-14(17,9-15-12-6-7-12)10-18-13-5-3-2-4-11(13)8-16/h2-5,12,15-17H,6-10H2,1H3. The molecule has 1 aromatic rings. The number of para-hydroxylation sites is 1. The lowest BCUT2D eigenvalue weighted by Gasteiger charge is -2.24. The highest BCUT2D eigenvalue weighted by molar-refractivity contribution is 5.32. The summed E-state index contributed by atoms with van der Waals surface area (Å²) >= 11 is 0. The minimum absolute atomic E-state index is 0.0569. The Morgan fingerprint density at radius 3 is 2.78 bits per heavy atom. The van der Waals surface area contributed by atoms with Crippen LogP contribution in [0.2, 0.25) is 0 Å². The average molecular weight is 251 g/mol. The van der Waals surface area contributed by atoms with E-state index in [2.05, 4.69) is 5.32 Å². The van der Waals surface area contributed by atoms with Gasteiger partial charge in [-0.3, -0.25) is 0 Å². The minimum atomic E-state index is -0.898. The summed E-state index contributed by atoms with van der Waals surface area (Å²) in [7, 11) is 0. The molecule has 1 aliphatic rings. The van der Waals surface area contributed by atoms with Crippen LogP contribution in [0.1, 0.15) is 25.3 Å². The van der Waals surface area contributed by atoms with Crippen molar-refractivity contribution in [1.29, 1.82) is 0 Å². The minimum Gasteiger partial charge on any atom is -0.490 e. The van der Waals surface area contributed by atoms with Crippen LogP contribution in [0.25, 0.3) is 0 Å². The van der Waals surface area contributed by atoms with Gasteiger partial charge in [-0.15, -0.1) is 0 Å². The first-order valence-electron chi connectivity index (χ1n) is 6.38. The summed E-state index contributed by atoms with van der Waals surface area (Å²) in [6.07, 6.45) is 2.40. The largest absolute Gasteiger partial charge is 0.490 e. The number of hydrogen-bond acceptors (Lipinski definition) is 4. The summed E-state index contributed by atoms with van der Waals surface area (Å²) in [5, 5.41) is 22.6. The van der Waals surface area contributed by atoms with Crippen molar-refractivity contribution in [1.82, 2.24) is 5.32 Å². The van der Waals surface area contributed by atoms with E-state index < -0.39 is 5.60 Å². The molecule has 1 atom stereocenters. The van der Waals surface area contributed by atoms with E-state index in [4.69, 9.17) is 4.74 Å². The highest BCUT2D eigenvalue weighted by atomic mass is 16.5. The van der Waals surface area contributed by atoms with Gasteiger partial charge in [-0.1, -0.05) is 18.2 Å². The molecule has 0 heterocycles. The normalized spacial score (nSPS) is 18.4. The molecule has 0 radical (unpaired) electrons. The lowest BCUT2D eigenvalue weighted by atomic mass is 10.1. The molecule has 1 aromatic carbocycles. The Labute approximate surface area is 108 Å². The second kappa shape index (κ2) is 5.69. The third-order valence-electron chi connectivity index (χ3n) is 3.03. The van der Waals surface area contributed by atoms with Crippen molar-refractivity contribution in [2.24, 2.45) is 0 Å². The molecule has 0 amide bonds. The van der Waals surface area contributed by atoms with E-state index in [9.17, 15) is 10.2 Å². The lowest BCUT2D eigenvalue weighted by Crippen LogP contribution is -2.43. The third-order valence-corrected chi connectivity index (χ3v) is 3.03. The summed E-state index contributed by atoms with van der Waals surface area (Å²) in [6.45, 7) is 2.44. The van der Waals surface area contributed by atoms with Crippen LogP contribution in [0.3, 0.4) is 0 Å². The van der Waals surface area contributed by atoms with E-state index >= 15 is 0 Å². The molecular formula is C14H21NO3. The fourth-order valence-corrected chi connectivity index (χ4v) is 1.71. The van der Waals surface area contributed by atoms with Crippen molar-refractivity contribution in [2.75, 3.05) is 13.2 Å². The van der Waals surface area contributed by atoms with Crippen molar-refractivity contribution in [3.05, 3.63) is 29.8 Å². The molecular weight excluding hydrogens is 230 g/mol. The maximum absolute atomic E-state index is 10.2. The van der Waals surface area contributed by atoms with Crippen molar-refractivity contribution in [3.8, 4) is 5.75 Å². The van der Waals surface area contributed by atoms with Gasteiger partial charge in [0.05, 0.1) is 6.61 Å². The second-order valence-electron chi connectivity index (χ2n) is 5.21. The predicted molar refractivity (Wildman–Crippen MR) is 69.5 cm³/mol. The van der Waals surface area contributed by atoms with Gasteiger partial charge in [0, 0.05) is 18.2 Å². The Morgan fingerprint density at radius 1 is 1.39 bits per heavy atom. The molecule has 0 saturated heterocycles. The van der Waals surface area contributed by atoms with Gasteiger partial charge in [-0.2, -0.15) is 0 Å². The Hall–Kier alpha value is -1.10. The Balaban J connectivity index is 1.84. The zero-order valence-electron chi connectivity index (χ0n) is 10.7. The van der Waals surface area contributed by atoms with Gasteiger partial charge in [0.15, 0.2) is 0 Å². The Kier molecular flexibility index (Phi) is 4.22. The second-order valence-corrected chi connectivity index (χ2v) is 5.21. The lowest BCUT2D eigenvalue weighted by molar-refractivity contribution is 0.0114. The van der Waals surface area contributed by atoms with E-state index in [0.717, 1.165) is 5.56 Å². The Bertz CT molecular complexity index is 388. The van der Waals surface area contributed by atoms with Crippen molar-refractivity contribution in [2.45, 2.75) is 38.0 Å². The molecule has 18 heavy (non-hydrogen) atoms. The van der Waals surface area contributed by atoms with E-state index in [1.807, 2.05) is 18.2 Å². The van der Waals surface area contributed by atoms with Gasteiger partial charge in [0.1, 0.15) is 18.0 Å². The maximum atomic E-state index is 10.2. The molecule has 0 spiro atoms. The van der Waals surface area contributed by atoms with Crippen LogP contribution in [0.15, 0.2) is 24.3 Å². The third kappa shape index (κ3) is 3.98. The van der Waals surface area contributed by atoms with Crippen LogP contribution >= 0.6 is 0 Å². The Morgan fingerprint density at radius 2 is 2.11 bits per heavy atom. The number of hydrogen-bond donors (Lipinski definition) is 3. The molecule has 2 rings (SSSR count). The number of nitrogens with one attached hydrogen (secondary N) is 1. The van der Waals surface area contributed by atoms with E-state index in [-0.39, 0.29) is 13.2 Å². The number of ether oxygens (including phenoxy) is 1. The van der Waals surface area contributed by atoms with Gasteiger partial charge in [0.25, 0.3) is 0 Å². The van der Waals surface area contributed by atoms with E-state index in [0.29, 0.717) is 18.3 Å². The quantitative estimate of drug-likeness (QED) is 0.678. The van der Waals surface area contributed by atoms with Crippen molar-refractivity contribution >= 4 is 0 Å². The van der Waals surface area contributed by atoms with Crippen molar-refractivity contribution < 1.29 is 14.9 Å². The molecule has 0 bridgehead atoms. The molecule has 4 heteroatoms. The van der Waals surface area contributed by atoms with Crippen LogP contribution in [0, 0.1) is 0 Å². The highest BCUT2D eigenvalue weighted by Crippen LogP contribution is 2.21. The summed E-state index contributed by atoms with van der Waals surface area (Å²) in [6, 6.07) is 7.89. The first-order chi connectivity index (χ1) is 8.61. The van der Waals surface area contributed by atoms with Gasteiger partial charge in [0.2, 0.25) is 0 Å². The molecule has 1 saturated carbocycles. The fourth-order valence-electron chi connectivity index (χ4n) is 1.71. The van der Waals surface area contributed by atoms with Crippen LogP contribution in [0.4, 0.5) is 0 Å². The number of aliphatic hydroxyl groups is 2. The summed E-state index contributed by atoms with van der Waals surface area (Å²) < 4.78 is 5.60. The van der Waals surface area contributed by atoms with Gasteiger partial charge >= 0.3 is 0 Å². The average Bonchev–Trinajstić information content (AvgIpc) is 3.19. The summed E-state index contributed by atoms with van der Waals surface area (Å²) in [5.74, 6) is 0.631.